The Morgan fingerprint density at radius 2 is 2.47 bits per heavy atom. The molecule has 82 valence electrons. The second-order valence-corrected chi connectivity index (χ2v) is 4.26. The number of hydrogen-bond donors (Lipinski definition) is 1. The Morgan fingerprint density at radius 3 is 3.13 bits per heavy atom. The van der Waals surface area contributed by atoms with E-state index >= 15 is 0 Å². The summed E-state index contributed by atoms with van der Waals surface area (Å²) >= 11 is 5.82. The van der Waals surface area contributed by atoms with Gasteiger partial charge < -0.3 is 10.2 Å². The number of anilines is 1. The summed E-state index contributed by atoms with van der Waals surface area (Å²) in [6.07, 6.45) is 1.18. The van der Waals surface area contributed by atoms with E-state index in [9.17, 15) is 0 Å². The number of likely N-dealkylation sites (tertiary alicyclic amines) is 1. The lowest BCUT2D eigenvalue weighted by Gasteiger charge is -2.14. The zero-order valence-corrected chi connectivity index (χ0v) is 9.67. The van der Waals surface area contributed by atoms with Crippen molar-refractivity contribution in [3.8, 4) is 0 Å². The van der Waals surface area contributed by atoms with Crippen molar-refractivity contribution in [3.05, 3.63) is 23.4 Å². The Hall–Kier alpha value is -0.800. The summed E-state index contributed by atoms with van der Waals surface area (Å²) in [6, 6.07) is 6.18. The number of halogens is 1. The molecule has 1 aromatic rings. The third-order valence-corrected chi connectivity index (χ3v) is 3.00. The minimum atomic E-state index is 0.510. The first-order chi connectivity index (χ1) is 7.28. The molecule has 1 aromatic heterocycles. The average Bonchev–Trinajstić information content (AvgIpc) is 2.65. The van der Waals surface area contributed by atoms with Gasteiger partial charge in [-0.15, -0.1) is 0 Å². The van der Waals surface area contributed by atoms with E-state index < -0.39 is 0 Å². The molecular weight excluding hydrogens is 210 g/mol. The molecule has 15 heavy (non-hydrogen) atoms. The van der Waals surface area contributed by atoms with Crippen LogP contribution in [-0.2, 0) is 0 Å². The molecule has 1 aliphatic rings. The number of nitrogens with zero attached hydrogens (tertiary/aromatic N) is 2. The quantitative estimate of drug-likeness (QED) is 0.800. The highest BCUT2D eigenvalue weighted by atomic mass is 35.5. The SMILES string of the molecule is CCN1CCC(Nc2cccc(Cl)n2)C1. The molecule has 1 fully saturated rings. The topological polar surface area (TPSA) is 28.2 Å². The molecule has 0 aliphatic carbocycles. The van der Waals surface area contributed by atoms with Crippen LogP contribution < -0.4 is 5.32 Å². The Bertz CT molecular complexity index is 329. The standard InChI is InChI=1S/C11H16ClN3/c1-2-15-7-6-9(8-15)13-11-5-3-4-10(12)14-11/h3-5,9H,2,6-8H2,1H3,(H,13,14). The van der Waals surface area contributed by atoms with Crippen LogP contribution in [0.15, 0.2) is 18.2 Å². The van der Waals surface area contributed by atoms with Crippen molar-refractivity contribution in [2.45, 2.75) is 19.4 Å². The van der Waals surface area contributed by atoms with E-state index in [-0.39, 0.29) is 0 Å². The van der Waals surface area contributed by atoms with Crippen LogP contribution in [-0.4, -0.2) is 35.6 Å². The number of hydrogen-bond acceptors (Lipinski definition) is 3. The van der Waals surface area contributed by atoms with Crippen molar-refractivity contribution in [1.82, 2.24) is 9.88 Å². The Balaban J connectivity index is 1.92. The molecule has 0 spiro atoms. The molecule has 4 heteroatoms. The van der Waals surface area contributed by atoms with E-state index in [1.165, 1.54) is 13.0 Å². The van der Waals surface area contributed by atoms with Crippen molar-refractivity contribution in [2.24, 2.45) is 0 Å². The molecule has 1 N–H and O–H groups in total. The van der Waals surface area contributed by atoms with Gasteiger partial charge in [-0.25, -0.2) is 4.98 Å². The van der Waals surface area contributed by atoms with Gasteiger partial charge in [0.1, 0.15) is 11.0 Å². The maximum Gasteiger partial charge on any atom is 0.131 e. The third kappa shape index (κ3) is 2.83. The highest BCUT2D eigenvalue weighted by molar-refractivity contribution is 6.29. The van der Waals surface area contributed by atoms with Crippen LogP contribution in [0.4, 0.5) is 5.82 Å². The summed E-state index contributed by atoms with van der Waals surface area (Å²) in [4.78, 5) is 6.66. The van der Waals surface area contributed by atoms with Gasteiger partial charge in [-0.05, 0) is 25.1 Å². The fraction of sp³-hybridized carbons (Fsp3) is 0.545. The zero-order valence-electron chi connectivity index (χ0n) is 8.91. The van der Waals surface area contributed by atoms with Crippen molar-refractivity contribution in [3.63, 3.8) is 0 Å². The molecule has 0 saturated carbocycles. The predicted molar refractivity (Wildman–Crippen MR) is 63.4 cm³/mol. The average molecular weight is 226 g/mol. The summed E-state index contributed by atoms with van der Waals surface area (Å²) in [5, 5.41) is 3.96. The lowest BCUT2D eigenvalue weighted by molar-refractivity contribution is 0.356. The fourth-order valence-electron chi connectivity index (χ4n) is 1.94. The molecule has 0 bridgehead atoms. The Morgan fingerprint density at radius 1 is 1.60 bits per heavy atom. The first-order valence-electron chi connectivity index (χ1n) is 5.39. The molecule has 2 rings (SSSR count). The number of aromatic nitrogens is 1. The lowest BCUT2D eigenvalue weighted by atomic mass is 10.2. The van der Waals surface area contributed by atoms with Crippen LogP contribution >= 0.6 is 11.6 Å². The van der Waals surface area contributed by atoms with Crippen LogP contribution in [0.2, 0.25) is 5.15 Å². The molecular formula is C11H16ClN3. The van der Waals surface area contributed by atoms with Crippen molar-refractivity contribution in [1.29, 1.82) is 0 Å². The minimum absolute atomic E-state index is 0.510. The largest absolute Gasteiger partial charge is 0.366 e. The Labute approximate surface area is 95.4 Å². The van der Waals surface area contributed by atoms with E-state index in [0.717, 1.165) is 18.9 Å². The molecule has 0 radical (unpaired) electrons. The fourth-order valence-corrected chi connectivity index (χ4v) is 2.10. The number of pyridine rings is 1. The summed E-state index contributed by atoms with van der Waals surface area (Å²) in [5.41, 5.74) is 0. The zero-order chi connectivity index (χ0) is 10.7. The molecule has 3 nitrogen and oxygen atoms in total. The van der Waals surface area contributed by atoms with Crippen LogP contribution in [0.25, 0.3) is 0 Å². The molecule has 1 atom stereocenters. The maximum absolute atomic E-state index is 5.82. The normalized spacial score (nSPS) is 21.9. The molecule has 1 aliphatic heterocycles. The molecule has 1 unspecified atom stereocenters. The van der Waals surface area contributed by atoms with Gasteiger partial charge in [0.15, 0.2) is 0 Å². The molecule has 2 heterocycles. The van der Waals surface area contributed by atoms with Gasteiger partial charge in [-0.3, -0.25) is 0 Å². The van der Waals surface area contributed by atoms with Crippen LogP contribution in [0.1, 0.15) is 13.3 Å². The van der Waals surface area contributed by atoms with Gasteiger partial charge in [0, 0.05) is 19.1 Å². The second kappa shape index (κ2) is 4.81. The van der Waals surface area contributed by atoms with E-state index in [1.54, 1.807) is 6.07 Å². The smallest absolute Gasteiger partial charge is 0.131 e. The molecule has 0 amide bonds. The molecule has 1 saturated heterocycles. The van der Waals surface area contributed by atoms with E-state index in [1.807, 2.05) is 12.1 Å². The Kier molecular flexibility index (Phi) is 3.44. The highest BCUT2D eigenvalue weighted by Crippen LogP contribution is 2.15. The van der Waals surface area contributed by atoms with Crippen LogP contribution in [0.5, 0.6) is 0 Å². The first kappa shape index (κ1) is 10.7. The van der Waals surface area contributed by atoms with Crippen LogP contribution in [0, 0.1) is 0 Å². The number of nitrogens with one attached hydrogen (secondary N) is 1. The van der Waals surface area contributed by atoms with Gasteiger partial charge in [-0.2, -0.15) is 0 Å². The number of rotatable bonds is 3. The number of likely N-dealkylation sites (N-methyl/N-ethyl adjacent to an activating group) is 1. The van der Waals surface area contributed by atoms with Gasteiger partial charge in [0.2, 0.25) is 0 Å². The van der Waals surface area contributed by atoms with Crippen molar-refractivity contribution in [2.75, 3.05) is 25.0 Å². The first-order valence-corrected chi connectivity index (χ1v) is 5.77. The highest BCUT2D eigenvalue weighted by Gasteiger charge is 2.20. The van der Waals surface area contributed by atoms with E-state index in [4.69, 9.17) is 11.6 Å². The minimum Gasteiger partial charge on any atom is -0.366 e. The van der Waals surface area contributed by atoms with E-state index in [0.29, 0.717) is 11.2 Å². The van der Waals surface area contributed by atoms with Gasteiger partial charge in [-0.1, -0.05) is 24.6 Å². The van der Waals surface area contributed by atoms with Gasteiger partial charge in [0.05, 0.1) is 0 Å². The maximum atomic E-state index is 5.82. The predicted octanol–water partition coefficient (Wildman–Crippen LogP) is 2.24. The van der Waals surface area contributed by atoms with E-state index in [2.05, 4.69) is 22.1 Å². The third-order valence-electron chi connectivity index (χ3n) is 2.79. The van der Waals surface area contributed by atoms with Crippen molar-refractivity contribution < 1.29 is 0 Å². The van der Waals surface area contributed by atoms with Crippen molar-refractivity contribution >= 4 is 17.4 Å². The monoisotopic (exact) mass is 225 g/mol. The molecule has 0 aromatic carbocycles. The summed E-state index contributed by atoms with van der Waals surface area (Å²) in [5.74, 6) is 0.880. The van der Waals surface area contributed by atoms with Crippen LogP contribution in [0.3, 0.4) is 0 Å². The summed E-state index contributed by atoms with van der Waals surface area (Å²) in [6.45, 7) is 5.60. The lowest BCUT2D eigenvalue weighted by Crippen LogP contribution is -2.26. The van der Waals surface area contributed by atoms with Gasteiger partial charge >= 0.3 is 0 Å². The van der Waals surface area contributed by atoms with Gasteiger partial charge in [0.25, 0.3) is 0 Å². The summed E-state index contributed by atoms with van der Waals surface area (Å²) < 4.78 is 0. The summed E-state index contributed by atoms with van der Waals surface area (Å²) in [7, 11) is 0. The second-order valence-electron chi connectivity index (χ2n) is 3.87.